The molecule has 0 saturated heterocycles. The van der Waals surface area contributed by atoms with E-state index in [9.17, 15) is 9.18 Å². The zero-order valence-electron chi connectivity index (χ0n) is 10.9. The van der Waals surface area contributed by atoms with Crippen LogP contribution in [0.3, 0.4) is 0 Å². The van der Waals surface area contributed by atoms with E-state index in [1.807, 2.05) is 13.1 Å². The zero-order chi connectivity index (χ0) is 13.5. The minimum absolute atomic E-state index is 0.00310. The zero-order valence-corrected chi connectivity index (χ0v) is 10.9. The van der Waals surface area contributed by atoms with Crippen LogP contribution in [0.25, 0.3) is 10.9 Å². The molecule has 0 bridgehead atoms. The van der Waals surface area contributed by atoms with E-state index in [0.717, 1.165) is 29.3 Å². The highest BCUT2D eigenvalue weighted by molar-refractivity contribution is 5.85. The van der Waals surface area contributed by atoms with Crippen LogP contribution >= 0.6 is 0 Å². The standard InChI is InChI=1S/C15H17FN2O/c1-2-14(19)18-9-15(5-6-15)12-8-17-13-4-3-10(16)7-11(12)13/h3-4,7-8,17H,2,5-6,9H2,1H3,(H,18,19). The fourth-order valence-corrected chi connectivity index (χ4v) is 2.62. The number of fused-ring (bicyclic) bond motifs is 1. The fourth-order valence-electron chi connectivity index (χ4n) is 2.62. The molecule has 3 nitrogen and oxygen atoms in total. The molecule has 1 fully saturated rings. The molecule has 0 radical (unpaired) electrons. The van der Waals surface area contributed by atoms with Crippen LogP contribution in [0, 0.1) is 5.82 Å². The van der Waals surface area contributed by atoms with Crippen molar-refractivity contribution in [1.29, 1.82) is 0 Å². The van der Waals surface area contributed by atoms with Crippen molar-refractivity contribution in [2.45, 2.75) is 31.6 Å². The van der Waals surface area contributed by atoms with E-state index in [0.29, 0.717) is 13.0 Å². The van der Waals surface area contributed by atoms with Crippen LogP contribution in [-0.4, -0.2) is 17.4 Å². The van der Waals surface area contributed by atoms with Crippen molar-refractivity contribution in [3.8, 4) is 0 Å². The number of rotatable bonds is 4. The smallest absolute Gasteiger partial charge is 0.219 e. The van der Waals surface area contributed by atoms with Crippen LogP contribution in [-0.2, 0) is 10.2 Å². The molecule has 0 aliphatic heterocycles. The van der Waals surface area contributed by atoms with E-state index < -0.39 is 0 Å². The maximum atomic E-state index is 13.4. The summed E-state index contributed by atoms with van der Waals surface area (Å²) in [6, 6.07) is 4.79. The van der Waals surface area contributed by atoms with Crippen LogP contribution in [0.1, 0.15) is 31.7 Å². The Morgan fingerprint density at radius 3 is 2.95 bits per heavy atom. The van der Waals surface area contributed by atoms with E-state index in [1.165, 1.54) is 6.07 Å². The molecular weight excluding hydrogens is 243 g/mol. The Morgan fingerprint density at radius 1 is 1.47 bits per heavy atom. The van der Waals surface area contributed by atoms with Crippen molar-refractivity contribution in [2.24, 2.45) is 0 Å². The molecule has 1 heterocycles. The molecule has 0 spiro atoms. The number of aromatic nitrogens is 1. The second-order valence-corrected chi connectivity index (χ2v) is 5.30. The topological polar surface area (TPSA) is 44.9 Å². The van der Waals surface area contributed by atoms with Crippen LogP contribution in [0.4, 0.5) is 4.39 Å². The van der Waals surface area contributed by atoms with Crippen LogP contribution in [0.5, 0.6) is 0 Å². The maximum Gasteiger partial charge on any atom is 0.219 e. The van der Waals surface area contributed by atoms with Gasteiger partial charge in [0.1, 0.15) is 5.82 Å². The molecule has 0 unspecified atom stereocenters. The third kappa shape index (κ3) is 2.11. The Labute approximate surface area is 111 Å². The van der Waals surface area contributed by atoms with Crippen molar-refractivity contribution in [2.75, 3.05) is 6.54 Å². The van der Waals surface area contributed by atoms with Crippen LogP contribution in [0.15, 0.2) is 24.4 Å². The van der Waals surface area contributed by atoms with Crippen molar-refractivity contribution < 1.29 is 9.18 Å². The van der Waals surface area contributed by atoms with Gasteiger partial charge in [0.2, 0.25) is 5.91 Å². The molecule has 3 rings (SSSR count). The predicted molar refractivity (Wildman–Crippen MR) is 72.5 cm³/mol. The first-order valence-corrected chi connectivity index (χ1v) is 6.68. The van der Waals surface area contributed by atoms with E-state index in [-0.39, 0.29) is 17.1 Å². The molecule has 2 N–H and O–H groups in total. The number of carbonyl (C=O) groups excluding carboxylic acids is 1. The SMILES string of the molecule is CCC(=O)NCC1(c2c[nH]c3ccc(F)cc23)CC1. The van der Waals surface area contributed by atoms with Gasteiger partial charge in [0, 0.05) is 35.5 Å². The fraction of sp³-hybridized carbons (Fsp3) is 0.400. The molecular formula is C15H17FN2O. The van der Waals surface area contributed by atoms with Gasteiger partial charge >= 0.3 is 0 Å². The summed E-state index contributed by atoms with van der Waals surface area (Å²) in [5.41, 5.74) is 2.07. The molecule has 19 heavy (non-hydrogen) atoms. The second-order valence-electron chi connectivity index (χ2n) is 5.30. The largest absolute Gasteiger partial charge is 0.361 e. The number of nitrogens with one attached hydrogen (secondary N) is 2. The van der Waals surface area contributed by atoms with E-state index >= 15 is 0 Å². The van der Waals surface area contributed by atoms with Gasteiger partial charge in [-0.25, -0.2) is 4.39 Å². The highest BCUT2D eigenvalue weighted by Crippen LogP contribution is 2.50. The summed E-state index contributed by atoms with van der Waals surface area (Å²) < 4.78 is 13.4. The normalized spacial score (nSPS) is 16.5. The number of amides is 1. The summed E-state index contributed by atoms with van der Waals surface area (Å²) in [7, 11) is 0. The molecule has 1 saturated carbocycles. The lowest BCUT2D eigenvalue weighted by Gasteiger charge is -2.15. The highest BCUT2D eigenvalue weighted by Gasteiger charge is 2.45. The first-order chi connectivity index (χ1) is 9.14. The van der Waals surface area contributed by atoms with E-state index in [4.69, 9.17) is 0 Å². The summed E-state index contributed by atoms with van der Waals surface area (Å²) in [4.78, 5) is 14.6. The highest BCUT2D eigenvalue weighted by atomic mass is 19.1. The Kier molecular flexibility index (Phi) is 2.81. The van der Waals surface area contributed by atoms with Crippen molar-refractivity contribution in [3.63, 3.8) is 0 Å². The molecule has 1 aliphatic carbocycles. The van der Waals surface area contributed by atoms with Crippen molar-refractivity contribution >= 4 is 16.8 Å². The minimum atomic E-state index is -0.221. The first-order valence-electron chi connectivity index (χ1n) is 6.68. The third-order valence-electron chi connectivity index (χ3n) is 4.01. The van der Waals surface area contributed by atoms with Gasteiger partial charge in [-0.2, -0.15) is 0 Å². The van der Waals surface area contributed by atoms with Gasteiger partial charge in [-0.05, 0) is 36.6 Å². The summed E-state index contributed by atoms with van der Waals surface area (Å²) in [5.74, 6) is -0.154. The van der Waals surface area contributed by atoms with Crippen molar-refractivity contribution in [3.05, 3.63) is 35.8 Å². The number of hydrogen-bond donors (Lipinski definition) is 2. The maximum absolute atomic E-state index is 13.4. The first kappa shape index (κ1) is 12.2. The van der Waals surface area contributed by atoms with Gasteiger partial charge in [-0.15, -0.1) is 0 Å². The molecule has 2 aromatic rings. The van der Waals surface area contributed by atoms with Gasteiger partial charge in [0.15, 0.2) is 0 Å². The molecule has 1 amide bonds. The Bertz CT molecular complexity index is 628. The second kappa shape index (κ2) is 4.37. The van der Waals surface area contributed by atoms with Gasteiger partial charge in [-0.3, -0.25) is 4.79 Å². The molecule has 1 aromatic carbocycles. The molecule has 100 valence electrons. The number of hydrogen-bond acceptors (Lipinski definition) is 1. The summed E-state index contributed by atoms with van der Waals surface area (Å²) in [6.45, 7) is 2.49. The lowest BCUT2D eigenvalue weighted by atomic mass is 9.95. The van der Waals surface area contributed by atoms with Crippen molar-refractivity contribution in [1.82, 2.24) is 10.3 Å². The number of aromatic amines is 1. The monoisotopic (exact) mass is 260 g/mol. The Balaban J connectivity index is 1.91. The van der Waals surface area contributed by atoms with Gasteiger partial charge in [0.25, 0.3) is 0 Å². The minimum Gasteiger partial charge on any atom is -0.361 e. The molecule has 1 aromatic heterocycles. The molecule has 0 atom stereocenters. The van der Waals surface area contributed by atoms with Crippen LogP contribution in [0.2, 0.25) is 0 Å². The number of carbonyl (C=O) groups is 1. The Morgan fingerprint density at radius 2 is 2.26 bits per heavy atom. The summed E-state index contributed by atoms with van der Waals surface area (Å²) in [6.07, 6.45) is 4.54. The molecule has 1 aliphatic rings. The van der Waals surface area contributed by atoms with Gasteiger partial charge < -0.3 is 10.3 Å². The number of H-pyrrole nitrogens is 1. The third-order valence-corrected chi connectivity index (χ3v) is 4.01. The number of halogens is 1. The van der Waals surface area contributed by atoms with Gasteiger partial charge in [-0.1, -0.05) is 6.92 Å². The summed E-state index contributed by atoms with van der Waals surface area (Å²) >= 11 is 0. The lowest BCUT2D eigenvalue weighted by Crippen LogP contribution is -2.31. The predicted octanol–water partition coefficient (Wildman–Crippen LogP) is 2.86. The quantitative estimate of drug-likeness (QED) is 0.872. The Hall–Kier alpha value is -1.84. The lowest BCUT2D eigenvalue weighted by molar-refractivity contribution is -0.120. The van der Waals surface area contributed by atoms with E-state index in [1.54, 1.807) is 12.1 Å². The van der Waals surface area contributed by atoms with E-state index in [2.05, 4.69) is 10.3 Å². The summed E-state index contributed by atoms with van der Waals surface area (Å²) in [5, 5.41) is 3.89. The number of benzene rings is 1. The molecule has 4 heteroatoms. The van der Waals surface area contributed by atoms with Crippen LogP contribution < -0.4 is 5.32 Å². The van der Waals surface area contributed by atoms with Gasteiger partial charge in [0.05, 0.1) is 0 Å². The average Bonchev–Trinajstić information content (AvgIpc) is 3.09. The average molecular weight is 260 g/mol.